The fourth-order valence-electron chi connectivity index (χ4n) is 3.78. The van der Waals surface area contributed by atoms with E-state index in [2.05, 4.69) is 10.6 Å². The highest BCUT2D eigenvalue weighted by molar-refractivity contribution is 6.30. The number of amides is 4. The van der Waals surface area contributed by atoms with Gasteiger partial charge in [-0.3, -0.25) is 14.5 Å². The number of hydrogen-bond acceptors (Lipinski definition) is 3. The van der Waals surface area contributed by atoms with Crippen molar-refractivity contribution in [2.24, 2.45) is 0 Å². The summed E-state index contributed by atoms with van der Waals surface area (Å²) in [6, 6.07) is 22.8. The molecule has 1 saturated heterocycles. The Bertz CT molecular complexity index is 1130. The quantitative estimate of drug-likeness (QED) is 0.541. The molecule has 0 aromatic heterocycles. The summed E-state index contributed by atoms with van der Waals surface area (Å²) in [4.78, 5) is 39.0. The SMILES string of the molecule is CC(NC(=O)c1ccc(CN2C(=O)CC(c3ccc(Cl)cc3)NC2=O)cc1)c1ccccc1. The van der Waals surface area contributed by atoms with Gasteiger partial charge in [0.15, 0.2) is 0 Å². The lowest BCUT2D eigenvalue weighted by atomic mass is 10.0. The first-order valence-corrected chi connectivity index (χ1v) is 11.1. The summed E-state index contributed by atoms with van der Waals surface area (Å²) in [5.41, 5.74) is 3.13. The number of hydrogen-bond donors (Lipinski definition) is 2. The molecule has 1 fully saturated rings. The standard InChI is InChI=1S/C26H24ClN3O3/c1-17(19-5-3-2-4-6-19)28-25(32)21-9-7-18(8-10-21)16-30-24(31)15-23(29-26(30)33)20-11-13-22(27)14-12-20/h2-14,17,23H,15-16H2,1H3,(H,28,32)(H,29,33). The van der Waals surface area contributed by atoms with Crippen LogP contribution in [0.4, 0.5) is 4.79 Å². The fourth-order valence-corrected chi connectivity index (χ4v) is 3.91. The Kier molecular flexibility index (Phi) is 6.75. The number of halogens is 1. The van der Waals surface area contributed by atoms with Crippen LogP contribution in [0.25, 0.3) is 0 Å². The van der Waals surface area contributed by atoms with Crippen LogP contribution in [0.2, 0.25) is 5.02 Å². The van der Waals surface area contributed by atoms with Crippen molar-refractivity contribution in [1.82, 2.24) is 15.5 Å². The van der Waals surface area contributed by atoms with Crippen LogP contribution >= 0.6 is 11.6 Å². The fraction of sp³-hybridized carbons (Fsp3) is 0.192. The number of imide groups is 1. The molecular formula is C26H24ClN3O3. The van der Waals surface area contributed by atoms with Crippen molar-refractivity contribution in [3.63, 3.8) is 0 Å². The Hall–Kier alpha value is -3.64. The molecule has 4 amide bonds. The molecule has 1 aliphatic heterocycles. The number of benzene rings is 3. The average molecular weight is 462 g/mol. The Morgan fingerprint density at radius 3 is 2.33 bits per heavy atom. The molecule has 3 aromatic carbocycles. The van der Waals surface area contributed by atoms with Gasteiger partial charge in [-0.1, -0.05) is 66.2 Å². The number of rotatable bonds is 6. The first-order valence-electron chi connectivity index (χ1n) is 10.7. The minimum Gasteiger partial charge on any atom is -0.346 e. The Balaban J connectivity index is 1.36. The van der Waals surface area contributed by atoms with E-state index in [9.17, 15) is 14.4 Å². The van der Waals surface area contributed by atoms with Crippen molar-refractivity contribution >= 4 is 29.4 Å². The number of nitrogens with one attached hydrogen (secondary N) is 2. The molecule has 0 saturated carbocycles. The summed E-state index contributed by atoms with van der Waals surface area (Å²) < 4.78 is 0. The van der Waals surface area contributed by atoms with Crippen molar-refractivity contribution < 1.29 is 14.4 Å². The molecule has 3 aromatic rings. The summed E-state index contributed by atoms with van der Waals surface area (Å²) in [6.45, 7) is 2.07. The van der Waals surface area contributed by atoms with Gasteiger partial charge in [-0.05, 0) is 47.9 Å². The number of carbonyl (C=O) groups excluding carboxylic acids is 3. The molecule has 0 bridgehead atoms. The van der Waals surface area contributed by atoms with Gasteiger partial charge in [-0.25, -0.2) is 4.79 Å². The molecule has 0 spiro atoms. The van der Waals surface area contributed by atoms with E-state index in [1.807, 2.05) is 37.3 Å². The highest BCUT2D eigenvalue weighted by Crippen LogP contribution is 2.25. The van der Waals surface area contributed by atoms with Crippen LogP contribution in [0.3, 0.4) is 0 Å². The van der Waals surface area contributed by atoms with Gasteiger partial charge in [-0.2, -0.15) is 0 Å². The molecule has 33 heavy (non-hydrogen) atoms. The van der Waals surface area contributed by atoms with E-state index in [0.717, 1.165) is 16.7 Å². The van der Waals surface area contributed by atoms with E-state index in [4.69, 9.17) is 11.6 Å². The first-order chi connectivity index (χ1) is 15.9. The summed E-state index contributed by atoms with van der Waals surface area (Å²) in [7, 11) is 0. The lowest BCUT2D eigenvalue weighted by Gasteiger charge is -2.31. The summed E-state index contributed by atoms with van der Waals surface area (Å²) in [6.07, 6.45) is 0.172. The second-order valence-corrected chi connectivity index (χ2v) is 8.48. The molecule has 1 heterocycles. The molecule has 0 radical (unpaired) electrons. The number of carbonyl (C=O) groups is 3. The largest absolute Gasteiger partial charge is 0.346 e. The predicted octanol–water partition coefficient (Wildman–Crippen LogP) is 5.01. The highest BCUT2D eigenvalue weighted by atomic mass is 35.5. The molecule has 0 aliphatic carbocycles. The molecule has 1 aliphatic rings. The average Bonchev–Trinajstić information content (AvgIpc) is 2.82. The van der Waals surface area contributed by atoms with E-state index in [1.54, 1.807) is 48.5 Å². The molecule has 168 valence electrons. The third kappa shape index (κ3) is 5.41. The van der Waals surface area contributed by atoms with Gasteiger partial charge in [0.1, 0.15) is 0 Å². The molecule has 4 rings (SSSR count). The van der Waals surface area contributed by atoms with E-state index in [1.165, 1.54) is 4.90 Å². The second kappa shape index (κ2) is 9.88. The summed E-state index contributed by atoms with van der Waals surface area (Å²) in [5.74, 6) is -0.437. The lowest BCUT2D eigenvalue weighted by Crippen LogP contribution is -2.50. The lowest BCUT2D eigenvalue weighted by molar-refractivity contribution is -0.130. The maximum atomic E-state index is 12.7. The van der Waals surface area contributed by atoms with E-state index in [0.29, 0.717) is 10.6 Å². The van der Waals surface area contributed by atoms with Crippen LogP contribution in [-0.4, -0.2) is 22.7 Å². The first kappa shape index (κ1) is 22.6. The van der Waals surface area contributed by atoms with Gasteiger partial charge in [0, 0.05) is 10.6 Å². The number of urea groups is 1. The van der Waals surface area contributed by atoms with Gasteiger partial charge in [0.25, 0.3) is 5.91 Å². The second-order valence-electron chi connectivity index (χ2n) is 8.04. The summed E-state index contributed by atoms with van der Waals surface area (Å²) in [5, 5.41) is 6.45. The molecule has 2 atom stereocenters. The van der Waals surface area contributed by atoms with Crippen LogP contribution in [-0.2, 0) is 11.3 Å². The van der Waals surface area contributed by atoms with Gasteiger partial charge in [0.05, 0.1) is 25.0 Å². The Labute approximate surface area is 197 Å². The van der Waals surface area contributed by atoms with Crippen molar-refractivity contribution in [3.05, 3.63) is 106 Å². The Morgan fingerprint density at radius 1 is 1.03 bits per heavy atom. The highest BCUT2D eigenvalue weighted by Gasteiger charge is 2.32. The van der Waals surface area contributed by atoms with Crippen LogP contribution in [0, 0.1) is 0 Å². The van der Waals surface area contributed by atoms with Crippen molar-refractivity contribution in [3.8, 4) is 0 Å². The van der Waals surface area contributed by atoms with Crippen LogP contribution in [0.15, 0.2) is 78.9 Å². The van der Waals surface area contributed by atoms with E-state index < -0.39 is 6.03 Å². The van der Waals surface area contributed by atoms with E-state index >= 15 is 0 Å². The molecule has 6 nitrogen and oxygen atoms in total. The smallest absolute Gasteiger partial charge is 0.324 e. The zero-order valence-corrected chi connectivity index (χ0v) is 18.9. The summed E-state index contributed by atoms with van der Waals surface area (Å²) >= 11 is 5.92. The van der Waals surface area contributed by atoms with Crippen LogP contribution in [0.1, 0.15) is 52.5 Å². The normalized spacial score (nSPS) is 16.8. The zero-order chi connectivity index (χ0) is 23.4. The minimum absolute atomic E-state index is 0.123. The van der Waals surface area contributed by atoms with Gasteiger partial charge in [-0.15, -0.1) is 0 Å². The predicted molar refractivity (Wildman–Crippen MR) is 127 cm³/mol. The van der Waals surface area contributed by atoms with Crippen molar-refractivity contribution in [2.75, 3.05) is 0 Å². The van der Waals surface area contributed by atoms with Gasteiger partial charge >= 0.3 is 6.03 Å². The molecular weight excluding hydrogens is 438 g/mol. The minimum atomic E-state index is -0.440. The third-order valence-corrected chi connectivity index (χ3v) is 5.95. The maximum absolute atomic E-state index is 12.7. The monoisotopic (exact) mass is 461 g/mol. The number of nitrogens with zero attached hydrogens (tertiary/aromatic N) is 1. The molecule has 2 unspecified atom stereocenters. The van der Waals surface area contributed by atoms with Crippen molar-refractivity contribution in [2.45, 2.75) is 32.0 Å². The third-order valence-electron chi connectivity index (χ3n) is 5.70. The zero-order valence-electron chi connectivity index (χ0n) is 18.1. The van der Waals surface area contributed by atoms with Crippen molar-refractivity contribution in [1.29, 1.82) is 0 Å². The molecule has 2 N–H and O–H groups in total. The van der Waals surface area contributed by atoms with Crippen LogP contribution < -0.4 is 10.6 Å². The van der Waals surface area contributed by atoms with E-state index in [-0.39, 0.29) is 36.9 Å². The Morgan fingerprint density at radius 2 is 1.70 bits per heavy atom. The topological polar surface area (TPSA) is 78.5 Å². The molecule has 7 heteroatoms. The maximum Gasteiger partial charge on any atom is 0.324 e. The van der Waals surface area contributed by atoms with Gasteiger partial charge < -0.3 is 10.6 Å². The van der Waals surface area contributed by atoms with Crippen LogP contribution in [0.5, 0.6) is 0 Å². The van der Waals surface area contributed by atoms with Gasteiger partial charge in [0.2, 0.25) is 5.91 Å².